The Hall–Kier alpha value is -1.80. The fraction of sp³-hybridized carbons (Fsp3) is 0.474. The summed E-state index contributed by atoms with van der Waals surface area (Å²) in [6.45, 7) is 4.40. The molecule has 3 rings (SSSR count). The van der Waals surface area contributed by atoms with Crippen molar-refractivity contribution in [1.29, 1.82) is 0 Å². The van der Waals surface area contributed by atoms with Crippen LogP contribution in [0.1, 0.15) is 30.3 Å². The number of aromatic nitrogens is 2. The van der Waals surface area contributed by atoms with Gasteiger partial charge in [-0.15, -0.1) is 0 Å². The third kappa shape index (κ3) is 5.13. The fourth-order valence-corrected chi connectivity index (χ4v) is 5.93. The van der Waals surface area contributed by atoms with E-state index in [9.17, 15) is 13.2 Å². The Morgan fingerprint density at radius 3 is 2.70 bits per heavy atom. The van der Waals surface area contributed by atoms with Crippen LogP contribution in [0.4, 0.5) is 0 Å². The molecule has 1 aliphatic rings. The number of sulfone groups is 1. The summed E-state index contributed by atoms with van der Waals surface area (Å²) >= 11 is 1.37. The second-order valence-corrected chi connectivity index (χ2v) is 9.99. The molecule has 1 unspecified atom stereocenters. The first-order chi connectivity index (χ1) is 12.9. The molecule has 0 radical (unpaired) electrons. The summed E-state index contributed by atoms with van der Waals surface area (Å²) in [5, 5.41) is 0.724. The Labute approximate surface area is 164 Å². The van der Waals surface area contributed by atoms with Crippen LogP contribution in [0, 0.1) is 6.92 Å². The van der Waals surface area contributed by atoms with Gasteiger partial charge in [-0.2, -0.15) is 0 Å². The Kier molecular flexibility index (Phi) is 6.26. The lowest BCUT2D eigenvalue weighted by molar-refractivity contribution is -0.129. The molecule has 8 heteroatoms. The molecule has 2 aromatic rings. The molecule has 1 aromatic heterocycles. The van der Waals surface area contributed by atoms with Gasteiger partial charge in [0.1, 0.15) is 0 Å². The van der Waals surface area contributed by atoms with E-state index in [-0.39, 0.29) is 29.2 Å². The van der Waals surface area contributed by atoms with E-state index < -0.39 is 9.84 Å². The lowest BCUT2D eigenvalue weighted by Crippen LogP contribution is -2.41. The monoisotopic (exact) mass is 407 g/mol. The average molecular weight is 408 g/mol. The van der Waals surface area contributed by atoms with E-state index in [1.807, 2.05) is 32.0 Å². The maximum Gasteiger partial charge on any atom is 0.233 e. The molecule has 1 aliphatic heterocycles. The van der Waals surface area contributed by atoms with E-state index >= 15 is 0 Å². The number of carbonyl (C=O) groups is 1. The minimum atomic E-state index is -3.00. The Morgan fingerprint density at radius 1 is 1.33 bits per heavy atom. The van der Waals surface area contributed by atoms with Gasteiger partial charge in [0.2, 0.25) is 5.91 Å². The van der Waals surface area contributed by atoms with Crippen LogP contribution in [0.5, 0.6) is 0 Å². The van der Waals surface area contributed by atoms with Crippen LogP contribution in [0.3, 0.4) is 0 Å². The SMILES string of the molecule is CCN(C(=O)CSc1nc(Cc2ccccc2)c(C)[nH]1)C1CCS(=O)(=O)C1. The standard InChI is InChI=1S/C19H25N3O3S2/c1-3-22(16-9-10-27(24,25)13-16)18(23)12-26-19-20-14(2)17(21-19)11-15-7-5-4-6-8-15/h4-8,16H,3,9-13H2,1-2H3,(H,20,21). The van der Waals surface area contributed by atoms with Gasteiger partial charge in [-0.25, -0.2) is 13.4 Å². The topological polar surface area (TPSA) is 83.1 Å². The first kappa shape index (κ1) is 19.9. The highest BCUT2D eigenvalue weighted by Crippen LogP contribution is 2.22. The molecule has 0 spiro atoms. The first-order valence-electron chi connectivity index (χ1n) is 9.10. The van der Waals surface area contributed by atoms with E-state index in [0.29, 0.717) is 13.0 Å². The predicted octanol–water partition coefficient (Wildman–Crippen LogP) is 2.44. The molecular weight excluding hydrogens is 382 g/mol. The van der Waals surface area contributed by atoms with Crippen LogP contribution in [-0.4, -0.2) is 59.0 Å². The van der Waals surface area contributed by atoms with Gasteiger partial charge >= 0.3 is 0 Å². The van der Waals surface area contributed by atoms with Gasteiger partial charge in [0.25, 0.3) is 0 Å². The van der Waals surface area contributed by atoms with Gasteiger partial charge in [0.05, 0.1) is 23.0 Å². The number of nitrogens with zero attached hydrogens (tertiary/aromatic N) is 2. The third-order valence-corrected chi connectivity index (χ3v) is 7.43. The van der Waals surface area contributed by atoms with Gasteiger partial charge in [-0.3, -0.25) is 4.79 Å². The van der Waals surface area contributed by atoms with Crippen molar-refractivity contribution in [1.82, 2.24) is 14.9 Å². The highest BCUT2D eigenvalue weighted by molar-refractivity contribution is 7.99. The van der Waals surface area contributed by atoms with E-state index in [0.717, 1.165) is 23.0 Å². The van der Waals surface area contributed by atoms with Gasteiger partial charge in [0, 0.05) is 24.7 Å². The average Bonchev–Trinajstić information content (AvgIpc) is 3.17. The Balaban J connectivity index is 1.59. The van der Waals surface area contributed by atoms with Crippen molar-refractivity contribution < 1.29 is 13.2 Å². The van der Waals surface area contributed by atoms with Crippen LogP contribution in [-0.2, 0) is 21.1 Å². The summed E-state index contributed by atoms with van der Waals surface area (Å²) in [7, 11) is -3.00. The highest BCUT2D eigenvalue weighted by Gasteiger charge is 2.33. The van der Waals surface area contributed by atoms with Crippen molar-refractivity contribution in [2.24, 2.45) is 0 Å². The lowest BCUT2D eigenvalue weighted by Gasteiger charge is -2.26. The summed E-state index contributed by atoms with van der Waals surface area (Å²) in [6, 6.07) is 9.95. The number of amides is 1. The molecule has 1 aromatic carbocycles. The van der Waals surface area contributed by atoms with Crippen LogP contribution in [0.2, 0.25) is 0 Å². The van der Waals surface area contributed by atoms with E-state index in [2.05, 4.69) is 22.1 Å². The van der Waals surface area contributed by atoms with Crippen molar-refractivity contribution in [2.45, 2.75) is 37.9 Å². The molecular formula is C19H25N3O3S2. The van der Waals surface area contributed by atoms with Gasteiger partial charge < -0.3 is 9.88 Å². The molecule has 1 atom stereocenters. The summed E-state index contributed by atoms with van der Waals surface area (Å²) in [5.74, 6) is 0.471. The molecule has 0 aliphatic carbocycles. The molecule has 0 saturated carbocycles. The molecule has 27 heavy (non-hydrogen) atoms. The smallest absolute Gasteiger partial charge is 0.233 e. The molecule has 1 N–H and O–H groups in total. The maximum absolute atomic E-state index is 12.6. The molecule has 1 saturated heterocycles. The van der Waals surface area contributed by atoms with Crippen molar-refractivity contribution >= 4 is 27.5 Å². The van der Waals surface area contributed by atoms with Crippen molar-refractivity contribution in [3.63, 3.8) is 0 Å². The van der Waals surface area contributed by atoms with Crippen LogP contribution in [0.25, 0.3) is 0 Å². The number of nitrogens with one attached hydrogen (secondary N) is 1. The number of imidazole rings is 1. The molecule has 1 fully saturated rings. The fourth-order valence-electron chi connectivity index (χ4n) is 3.37. The van der Waals surface area contributed by atoms with Gasteiger partial charge in [-0.05, 0) is 25.8 Å². The van der Waals surface area contributed by atoms with E-state index in [4.69, 9.17) is 0 Å². The summed E-state index contributed by atoms with van der Waals surface area (Å²) in [4.78, 5) is 22.2. The molecule has 6 nitrogen and oxygen atoms in total. The number of aryl methyl sites for hydroxylation is 1. The Morgan fingerprint density at radius 2 is 2.07 bits per heavy atom. The Bertz CT molecular complexity index is 894. The van der Waals surface area contributed by atoms with E-state index in [1.54, 1.807) is 4.90 Å². The number of benzene rings is 1. The zero-order valence-corrected chi connectivity index (χ0v) is 17.3. The second kappa shape index (κ2) is 8.48. The van der Waals surface area contributed by atoms with Gasteiger partial charge in [-0.1, -0.05) is 42.1 Å². The third-order valence-electron chi connectivity index (χ3n) is 4.82. The van der Waals surface area contributed by atoms with Crippen LogP contribution in [0.15, 0.2) is 35.5 Å². The van der Waals surface area contributed by atoms with E-state index in [1.165, 1.54) is 17.3 Å². The summed E-state index contributed by atoms with van der Waals surface area (Å²) in [5.41, 5.74) is 3.17. The highest BCUT2D eigenvalue weighted by atomic mass is 32.2. The van der Waals surface area contributed by atoms with Gasteiger partial charge in [0.15, 0.2) is 15.0 Å². The number of rotatable bonds is 7. The molecule has 146 valence electrons. The lowest BCUT2D eigenvalue weighted by atomic mass is 10.1. The summed E-state index contributed by atoms with van der Waals surface area (Å²) in [6.07, 6.45) is 1.28. The number of hydrogen-bond acceptors (Lipinski definition) is 5. The first-order valence-corrected chi connectivity index (χ1v) is 11.9. The summed E-state index contributed by atoms with van der Waals surface area (Å²) < 4.78 is 23.4. The largest absolute Gasteiger partial charge is 0.338 e. The van der Waals surface area contributed by atoms with Crippen molar-refractivity contribution in [2.75, 3.05) is 23.8 Å². The maximum atomic E-state index is 12.6. The van der Waals surface area contributed by atoms with Crippen LogP contribution < -0.4 is 0 Å². The molecule has 0 bridgehead atoms. The van der Waals surface area contributed by atoms with Crippen LogP contribution >= 0.6 is 11.8 Å². The van der Waals surface area contributed by atoms with Crippen molar-refractivity contribution in [3.8, 4) is 0 Å². The zero-order chi connectivity index (χ0) is 19.4. The second-order valence-electron chi connectivity index (χ2n) is 6.80. The number of carbonyl (C=O) groups excluding carboxylic acids is 1. The minimum absolute atomic E-state index is 0.0386. The van der Waals surface area contributed by atoms with Crippen molar-refractivity contribution in [3.05, 3.63) is 47.3 Å². The number of H-pyrrole nitrogens is 1. The quantitative estimate of drug-likeness (QED) is 0.713. The zero-order valence-electron chi connectivity index (χ0n) is 15.6. The molecule has 1 amide bonds. The number of hydrogen-bond donors (Lipinski definition) is 1. The minimum Gasteiger partial charge on any atom is -0.338 e. The number of aromatic amines is 1. The number of thioether (sulfide) groups is 1. The predicted molar refractivity (Wildman–Crippen MR) is 108 cm³/mol. The normalized spacial score (nSPS) is 18.5. The molecule has 2 heterocycles.